The summed E-state index contributed by atoms with van der Waals surface area (Å²) in [5, 5.41) is 11.1. The van der Waals surface area contributed by atoms with E-state index in [-0.39, 0.29) is 11.8 Å². The maximum Gasteiger partial charge on any atom is 0.261 e. The number of halogens is 1. The first kappa shape index (κ1) is 24.5. The number of nitrogens with one attached hydrogen (secondary N) is 2. The fraction of sp³-hybridized carbons (Fsp3) is 0.172. The van der Waals surface area contributed by atoms with Gasteiger partial charge in [0.05, 0.1) is 12.2 Å². The Bertz CT molecular complexity index is 1510. The molecular weight excluding hydrogens is 486 g/mol. The summed E-state index contributed by atoms with van der Waals surface area (Å²) in [7, 11) is 0. The number of rotatable bonds is 5. The molecule has 2 heterocycles. The number of benzene rings is 3. The van der Waals surface area contributed by atoms with Crippen LogP contribution in [0.1, 0.15) is 40.0 Å². The summed E-state index contributed by atoms with van der Waals surface area (Å²) in [5.41, 5.74) is 5.30. The van der Waals surface area contributed by atoms with Crippen LogP contribution in [0.5, 0.6) is 0 Å². The molecule has 0 saturated carbocycles. The number of hydrogen-bond acceptors (Lipinski definition) is 4. The smallest absolute Gasteiger partial charge is 0.261 e. The molecule has 0 spiro atoms. The lowest BCUT2D eigenvalue weighted by molar-refractivity contribution is -0.118. The predicted molar refractivity (Wildman–Crippen MR) is 147 cm³/mol. The minimum absolute atomic E-state index is 0.219. The largest absolute Gasteiger partial charge is 0.325 e. The van der Waals surface area contributed by atoms with E-state index in [2.05, 4.69) is 15.7 Å². The van der Waals surface area contributed by atoms with Crippen molar-refractivity contribution in [3.63, 3.8) is 0 Å². The van der Waals surface area contributed by atoms with Crippen molar-refractivity contribution in [2.75, 3.05) is 10.6 Å². The molecule has 0 fully saturated rings. The number of nitrogens with zero attached hydrogens (tertiary/aromatic N) is 3. The van der Waals surface area contributed by atoms with Crippen molar-refractivity contribution >= 4 is 46.3 Å². The molecular formula is C29H26ClN5O2. The van der Waals surface area contributed by atoms with Crippen LogP contribution in [-0.2, 0) is 4.79 Å². The van der Waals surface area contributed by atoms with Gasteiger partial charge >= 0.3 is 0 Å². The second kappa shape index (κ2) is 10.0. The number of aromatic nitrogens is 2. The van der Waals surface area contributed by atoms with E-state index in [4.69, 9.17) is 16.6 Å². The lowest BCUT2D eigenvalue weighted by Crippen LogP contribution is -2.39. The lowest BCUT2D eigenvalue weighted by Gasteiger charge is -2.32. The normalized spacial score (nSPS) is 16.5. The maximum absolute atomic E-state index is 13.6. The Kier molecular flexibility index (Phi) is 6.63. The van der Waals surface area contributed by atoms with Gasteiger partial charge in [0.15, 0.2) is 5.82 Å². The molecule has 2 N–H and O–H groups in total. The predicted octanol–water partition coefficient (Wildman–Crippen LogP) is 6.36. The number of fused-ring (bicyclic) bond motifs is 1. The van der Waals surface area contributed by atoms with Gasteiger partial charge < -0.3 is 10.6 Å². The quantitative estimate of drug-likeness (QED) is 0.327. The van der Waals surface area contributed by atoms with Gasteiger partial charge in [-0.15, -0.1) is 0 Å². The Morgan fingerprint density at radius 1 is 0.865 bits per heavy atom. The van der Waals surface area contributed by atoms with Crippen molar-refractivity contribution in [2.24, 2.45) is 10.9 Å². The van der Waals surface area contributed by atoms with Crippen LogP contribution in [-0.4, -0.2) is 27.3 Å². The van der Waals surface area contributed by atoms with E-state index >= 15 is 0 Å². The molecule has 8 heteroatoms. The Hall–Kier alpha value is -4.23. The second-order valence-electron chi connectivity index (χ2n) is 9.17. The van der Waals surface area contributed by atoms with Gasteiger partial charge in [-0.05, 0) is 68.3 Å². The zero-order valence-corrected chi connectivity index (χ0v) is 21.5. The van der Waals surface area contributed by atoms with E-state index in [1.807, 2.05) is 69.3 Å². The molecule has 3 aromatic carbocycles. The number of anilines is 2. The standard InChI is InChI=1S/C29H26ClN5O2/c1-17-8-12-21(13-9-17)33-28(36)24-16-31-35-26(23-7-5-4-6-18(23)2)25(19(3)32-27(24)35)29(37)34-22-14-10-20(30)11-15-22/h4-16,25-26H,1-3H3,(H,33,36)(H,34,37). The van der Waals surface area contributed by atoms with Crippen molar-refractivity contribution in [1.29, 1.82) is 0 Å². The second-order valence-corrected chi connectivity index (χ2v) is 9.61. The Morgan fingerprint density at radius 3 is 2.22 bits per heavy atom. The van der Waals surface area contributed by atoms with Gasteiger partial charge in [-0.25, -0.2) is 9.67 Å². The van der Waals surface area contributed by atoms with Crippen LogP contribution in [0.3, 0.4) is 0 Å². The van der Waals surface area contributed by atoms with Crippen LogP contribution in [0.4, 0.5) is 17.2 Å². The molecule has 186 valence electrons. The highest BCUT2D eigenvalue weighted by atomic mass is 35.5. The third kappa shape index (κ3) is 4.90. The highest BCUT2D eigenvalue weighted by molar-refractivity contribution is 6.30. The molecule has 37 heavy (non-hydrogen) atoms. The molecule has 5 rings (SSSR count). The minimum atomic E-state index is -0.641. The highest BCUT2D eigenvalue weighted by Crippen LogP contribution is 2.39. The molecule has 1 aromatic heterocycles. The van der Waals surface area contributed by atoms with Gasteiger partial charge in [-0.3, -0.25) is 9.59 Å². The fourth-order valence-electron chi connectivity index (χ4n) is 4.59. The van der Waals surface area contributed by atoms with Gasteiger partial charge in [0, 0.05) is 22.1 Å². The third-order valence-electron chi connectivity index (χ3n) is 6.54. The molecule has 2 atom stereocenters. The van der Waals surface area contributed by atoms with Gasteiger partial charge in [-0.2, -0.15) is 5.10 Å². The van der Waals surface area contributed by atoms with Gasteiger partial charge in [0.1, 0.15) is 11.5 Å². The van der Waals surface area contributed by atoms with Gasteiger partial charge in [0.2, 0.25) is 5.91 Å². The van der Waals surface area contributed by atoms with Crippen LogP contribution in [0.15, 0.2) is 84.0 Å². The van der Waals surface area contributed by atoms with Crippen molar-refractivity contribution in [3.05, 3.63) is 106 Å². The maximum atomic E-state index is 13.6. The van der Waals surface area contributed by atoms with Crippen molar-refractivity contribution in [1.82, 2.24) is 9.78 Å². The Labute approximate surface area is 220 Å². The fourth-order valence-corrected chi connectivity index (χ4v) is 4.71. The first-order valence-corrected chi connectivity index (χ1v) is 12.3. The molecule has 0 saturated heterocycles. The number of aryl methyl sites for hydroxylation is 2. The third-order valence-corrected chi connectivity index (χ3v) is 6.79. The first-order chi connectivity index (χ1) is 17.8. The SMILES string of the molecule is CC1=Nc2c(C(=O)Nc3ccc(C)cc3)cnn2C(c2ccccc2C)C1C(=O)Nc1ccc(Cl)cc1. The zero-order chi connectivity index (χ0) is 26.1. The van der Waals surface area contributed by atoms with Gasteiger partial charge in [0.25, 0.3) is 5.91 Å². The zero-order valence-electron chi connectivity index (χ0n) is 20.7. The van der Waals surface area contributed by atoms with Crippen molar-refractivity contribution in [3.8, 4) is 0 Å². The molecule has 2 amide bonds. The van der Waals surface area contributed by atoms with Gasteiger partial charge in [-0.1, -0.05) is 53.6 Å². The number of carbonyl (C=O) groups is 2. The molecule has 4 aromatic rings. The van der Waals surface area contributed by atoms with E-state index in [0.717, 1.165) is 16.7 Å². The summed E-state index contributed by atoms with van der Waals surface area (Å²) in [4.78, 5) is 31.6. The Morgan fingerprint density at radius 2 is 1.51 bits per heavy atom. The average molecular weight is 512 g/mol. The number of aliphatic imine (C=N–C) groups is 1. The number of amides is 2. The lowest BCUT2D eigenvalue weighted by atomic mass is 9.85. The summed E-state index contributed by atoms with van der Waals surface area (Å²) in [6.07, 6.45) is 1.51. The van der Waals surface area contributed by atoms with E-state index < -0.39 is 12.0 Å². The summed E-state index contributed by atoms with van der Waals surface area (Å²) in [6.45, 7) is 5.80. The van der Waals surface area contributed by atoms with E-state index in [0.29, 0.717) is 33.5 Å². The van der Waals surface area contributed by atoms with Crippen LogP contribution in [0.25, 0.3) is 0 Å². The first-order valence-electron chi connectivity index (χ1n) is 11.9. The number of hydrogen-bond donors (Lipinski definition) is 2. The minimum Gasteiger partial charge on any atom is -0.325 e. The molecule has 0 bridgehead atoms. The monoisotopic (exact) mass is 511 g/mol. The summed E-state index contributed by atoms with van der Waals surface area (Å²) >= 11 is 6.01. The molecule has 7 nitrogen and oxygen atoms in total. The van der Waals surface area contributed by atoms with Crippen molar-refractivity contribution < 1.29 is 9.59 Å². The van der Waals surface area contributed by atoms with Crippen LogP contribution in [0.2, 0.25) is 5.02 Å². The van der Waals surface area contributed by atoms with E-state index in [1.54, 1.807) is 28.9 Å². The Balaban J connectivity index is 1.54. The highest BCUT2D eigenvalue weighted by Gasteiger charge is 2.40. The summed E-state index contributed by atoms with van der Waals surface area (Å²) in [6, 6.07) is 21.9. The van der Waals surface area contributed by atoms with Crippen LogP contribution < -0.4 is 10.6 Å². The average Bonchev–Trinajstić information content (AvgIpc) is 3.30. The topological polar surface area (TPSA) is 88.4 Å². The van der Waals surface area contributed by atoms with Crippen LogP contribution in [0, 0.1) is 19.8 Å². The van der Waals surface area contributed by atoms with Crippen LogP contribution >= 0.6 is 11.6 Å². The molecule has 1 aliphatic heterocycles. The molecule has 1 aliphatic rings. The number of carbonyl (C=O) groups excluding carboxylic acids is 2. The van der Waals surface area contributed by atoms with Crippen molar-refractivity contribution in [2.45, 2.75) is 26.8 Å². The van der Waals surface area contributed by atoms with E-state index in [9.17, 15) is 9.59 Å². The van der Waals surface area contributed by atoms with E-state index in [1.165, 1.54) is 6.20 Å². The molecule has 0 radical (unpaired) electrons. The molecule has 2 unspecified atom stereocenters. The summed E-state index contributed by atoms with van der Waals surface area (Å²) in [5.74, 6) is -0.749. The molecule has 0 aliphatic carbocycles. The summed E-state index contributed by atoms with van der Waals surface area (Å²) < 4.78 is 1.69.